The normalized spacial score (nSPS) is 17.8. The molecule has 3 aromatic rings. The van der Waals surface area contributed by atoms with Gasteiger partial charge in [-0.15, -0.1) is 0 Å². The zero-order chi connectivity index (χ0) is 35.3. The molecule has 4 N–H and O–H groups in total. The number of benzene rings is 2. The molecule has 258 valence electrons. The maximum atomic E-state index is 13.8. The molecule has 2 aromatic carbocycles. The molecular weight excluding hydrogens is 624 g/mol. The van der Waals surface area contributed by atoms with Gasteiger partial charge in [-0.3, -0.25) is 14.4 Å². The zero-order valence-electron chi connectivity index (χ0n) is 28.4. The summed E-state index contributed by atoms with van der Waals surface area (Å²) in [6.45, 7) is 7.72. The molecule has 3 amide bonds. The third kappa shape index (κ3) is 9.52. The van der Waals surface area contributed by atoms with Crippen molar-refractivity contribution in [1.82, 2.24) is 10.3 Å². The minimum absolute atomic E-state index is 0.0203. The Morgan fingerprint density at radius 3 is 2.37 bits per heavy atom. The number of ether oxygens (including phenoxy) is 1. The van der Waals surface area contributed by atoms with E-state index < -0.39 is 23.6 Å². The second kappa shape index (κ2) is 15.0. The largest absolute Gasteiger partial charge is 0.477 e. The van der Waals surface area contributed by atoms with Gasteiger partial charge in [0.15, 0.2) is 0 Å². The maximum absolute atomic E-state index is 13.8. The summed E-state index contributed by atoms with van der Waals surface area (Å²) in [6.07, 6.45) is 3.27. The van der Waals surface area contributed by atoms with Crippen LogP contribution in [0.5, 0.6) is 0 Å². The van der Waals surface area contributed by atoms with Crippen LogP contribution in [-0.4, -0.2) is 51.9 Å². The molecule has 1 fully saturated rings. The van der Waals surface area contributed by atoms with Crippen molar-refractivity contribution >= 4 is 41.0 Å². The number of aryl methyl sites for hydroxylation is 1. The van der Waals surface area contributed by atoms with Crippen LogP contribution >= 0.6 is 0 Å². The summed E-state index contributed by atoms with van der Waals surface area (Å²) in [5, 5.41) is 17.9. The van der Waals surface area contributed by atoms with Crippen molar-refractivity contribution in [2.45, 2.75) is 78.2 Å². The van der Waals surface area contributed by atoms with Gasteiger partial charge in [-0.25, -0.2) is 14.6 Å². The van der Waals surface area contributed by atoms with Crippen molar-refractivity contribution in [3.05, 3.63) is 77.1 Å². The molecule has 49 heavy (non-hydrogen) atoms. The highest BCUT2D eigenvalue weighted by Gasteiger charge is 2.31. The molecule has 0 bridgehead atoms. The summed E-state index contributed by atoms with van der Waals surface area (Å²) in [5.41, 5.74) is 4.64. The summed E-state index contributed by atoms with van der Waals surface area (Å²) < 4.78 is 5.34. The number of hydrogen-bond acceptors (Lipinski definition) is 7. The monoisotopic (exact) mass is 668 g/mol. The lowest BCUT2D eigenvalue weighted by Gasteiger charge is -2.29. The number of aromatic nitrogens is 1. The lowest BCUT2D eigenvalue weighted by Crippen LogP contribution is -2.37. The number of nitrogens with zero attached hydrogens (tertiary/aromatic N) is 1. The first-order valence-corrected chi connectivity index (χ1v) is 16.8. The summed E-state index contributed by atoms with van der Waals surface area (Å²) in [7, 11) is 0. The van der Waals surface area contributed by atoms with Crippen LogP contribution in [0, 0.1) is 24.7 Å². The van der Waals surface area contributed by atoms with Gasteiger partial charge in [0.1, 0.15) is 17.1 Å². The second-order valence-electron chi connectivity index (χ2n) is 14.1. The number of pyridine rings is 1. The molecule has 1 aromatic heterocycles. The average molecular weight is 669 g/mol. The van der Waals surface area contributed by atoms with Crippen molar-refractivity contribution in [1.29, 1.82) is 0 Å². The van der Waals surface area contributed by atoms with Gasteiger partial charge in [0.2, 0.25) is 11.8 Å². The van der Waals surface area contributed by atoms with Gasteiger partial charge < -0.3 is 25.8 Å². The summed E-state index contributed by atoms with van der Waals surface area (Å²) in [5.74, 6) is -1.94. The van der Waals surface area contributed by atoms with E-state index in [0.717, 1.165) is 35.1 Å². The number of carboxylic acids is 1. The van der Waals surface area contributed by atoms with Gasteiger partial charge >= 0.3 is 12.1 Å². The van der Waals surface area contributed by atoms with Crippen LogP contribution in [0.25, 0.3) is 11.1 Å². The van der Waals surface area contributed by atoms with Crippen LogP contribution < -0.4 is 16.0 Å². The Hall–Kier alpha value is -5.06. The minimum Gasteiger partial charge on any atom is -0.477 e. The smallest absolute Gasteiger partial charge is 0.407 e. The quantitative estimate of drug-likeness (QED) is 0.184. The topological polar surface area (TPSA) is 164 Å². The Morgan fingerprint density at radius 2 is 1.71 bits per heavy atom. The number of aromatic carboxylic acids is 1. The number of amides is 3. The number of carboxylic acid groups (broad SMARTS) is 1. The van der Waals surface area contributed by atoms with Gasteiger partial charge in [-0.2, -0.15) is 0 Å². The first-order valence-electron chi connectivity index (χ1n) is 16.8. The fourth-order valence-corrected chi connectivity index (χ4v) is 6.52. The van der Waals surface area contributed by atoms with E-state index in [2.05, 4.69) is 20.9 Å². The van der Waals surface area contributed by atoms with E-state index in [1.54, 1.807) is 25.1 Å². The van der Waals surface area contributed by atoms with Gasteiger partial charge in [-0.1, -0.05) is 36.4 Å². The molecule has 0 radical (unpaired) electrons. The van der Waals surface area contributed by atoms with Gasteiger partial charge in [0, 0.05) is 47.4 Å². The number of anilines is 2. The number of ketones is 1. The molecule has 0 saturated heterocycles. The van der Waals surface area contributed by atoms with Crippen LogP contribution in [0.3, 0.4) is 0 Å². The van der Waals surface area contributed by atoms with E-state index in [1.807, 2.05) is 51.1 Å². The van der Waals surface area contributed by atoms with Crippen LogP contribution in [-0.2, 0) is 32.0 Å². The molecule has 2 aliphatic rings. The summed E-state index contributed by atoms with van der Waals surface area (Å²) >= 11 is 0. The molecule has 2 heterocycles. The third-order valence-corrected chi connectivity index (χ3v) is 9.11. The minimum atomic E-state index is -1.09. The number of hydrogen-bond donors (Lipinski definition) is 4. The van der Waals surface area contributed by atoms with Crippen molar-refractivity contribution in [2.75, 3.05) is 17.2 Å². The standard InChI is InChI=1S/C38H44N4O7/c1-22-30(15-16-31(40-22)36(46)47)25-9-5-23(6-10-25)17-28(35(45)41-29-14-13-27-19-34(44)42-32(27)20-29)18-33(43)26-11-7-24(8-12-26)21-39-37(48)49-38(2,3)4/h5-6,9-10,13-16,20,24,26,28H,7-8,11-12,17-19,21H2,1-4H3,(H,39,48)(H,41,45)(H,42,44)(H,46,47)/t24?,26?,28-/m1/s1. The highest BCUT2D eigenvalue weighted by molar-refractivity contribution is 6.01. The van der Waals surface area contributed by atoms with E-state index in [9.17, 15) is 29.1 Å². The SMILES string of the molecule is Cc1nc(C(=O)O)ccc1-c1ccc(C[C@H](CC(=O)C2CCC(CNC(=O)OC(C)(C)C)CC2)C(=O)Nc2ccc3c(c2)NC(=O)C3)cc1. The van der Waals surface area contributed by atoms with Crippen molar-refractivity contribution < 1.29 is 33.8 Å². The van der Waals surface area contributed by atoms with Crippen molar-refractivity contribution in [3.63, 3.8) is 0 Å². The fraction of sp³-hybridized carbons (Fsp3) is 0.421. The molecule has 11 nitrogen and oxygen atoms in total. The predicted octanol–water partition coefficient (Wildman–Crippen LogP) is 6.34. The van der Waals surface area contributed by atoms with E-state index in [-0.39, 0.29) is 41.5 Å². The molecule has 1 aliphatic carbocycles. The van der Waals surface area contributed by atoms with Crippen molar-refractivity contribution in [2.24, 2.45) is 17.8 Å². The first kappa shape index (κ1) is 35.3. The van der Waals surface area contributed by atoms with Crippen LogP contribution in [0.1, 0.15) is 80.2 Å². The van der Waals surface area contributed by atoms with E-state index in [4.69, 9.17) is 4.74 Å². The first-order chi connectivity index (χ1) is 23.2. The molecule has 1 aliphatic heterocycles. The van der Waals surface area contributed by atoms with Crippen molar-refractivity contribution in [3.8, 4) is 11.1 Å². The Morgan fingerprint density at radius 1 is 1.00 bits per heavy atom. The lowest BCUT2D eigenvalue weighted by molar-refractivity contribution is -0.129. The van der Waals surface area contributed by atoms with Crippen LogP contribution in [0.2, 0.25) is 0 Å². The van der Waals surface area contributed by atoms with E-state index in [0.29, 0.717) is 49.3 Å². The molecule has 11 heteroatoms. The molecule has 0 unspecified atom stereocenters. The molecular formula is C38H44N4O7. The number of Topliss-reactive ketones (excluding diaryl/α,β-unsaturated/α-hetero) is 1. The van der Waals surface area contributed by atoms with Gasteiger partial charge in [0.25, 0.3) is 0 Å². The van der Waals surface area contributed by atoms with E-state index >= 15 is 0 Å². The fourth-order valence-electron chi connectivity index (χ4n) is 6.52. The average Bonchev–Trinajstić information content (AvgIpc) is 3.42. The Kier molecular flexibility index (Phi) is 10.8. The molecule has 1 atom stereocenters. The summed E-state index contributed by atoms with van der Waals surface area (Å²) in [6, 6.07) is 16.2. The Labute approximate surface area is 286 Å². The number of alkyl carbamates (subject to hydrolysis) is 1. The number of carbonyl (C=O) groups is 5. The number of carbonyl (C=O) groups excluding carboxylic acids is 4. The van der Waals surface area contributed by atoms with Gasteiger partial charge in [-0.05, 0) is 101 Å². The number of rotatable bonds is 11. The second-order valence-corrected chi connectivity index (χ2v) is 14.1. The Bertz CT molecular complexity index is 1740. The molecule has 1 saturated carbocycles. The predicted molar refractivity (Wildman–Crippen MR) is 185 cm³/mol. The Balaban J connectivity index is 1.25. The highest BCUT2D eigenvalue weighted by Crippen LogP contribution is 2.32. The highest BCUT2D eigenvalue weighted by atomic mass is 16.6. The number of fused-ring (bicyclic) bond motifs is 1. The van der Waals surface area contributed by atoms with E-state index in [1.165, 1.54) is 6.07 Å². The van der Waals surface area contributed by atoms with Crippen LogP contribution in [0.4, 0.5) is 16.2 Å². The van der Waals surface area contributed by atoms with Gasteiger partial charge in [0.05, 0.1) is 6.42 Å². The zero-order valence-corrected chi connectivity index (χ0v) is 28.4. The molecule has 5 rings (SSSR count). The maximum Gasteiger partial charge on any atom is 0.407 e. The molecule has 0 spiro atoms. The summed E-state index contributed by atoms with van der Waals surface area (Å²) in [4.78, 5) is 66.8. The number of nitrogens with one attached hydrogen (secondary N) is 3. The lowest BCUT2D eigenvalue weighted by atomic mass is 9.77. The van der Waals surface area contributed by atoms with Crippen LogP contribution in [0.15, 0.2) is 54.6 Å². The third-order valence-electron chi connectivity index (χ3n) is 9.11.